The van der Waals surface area contributed by atoms with Gasteiger partial charge in [-0.1, -0.05) is 0 Å². The summed E-state index contributed by atoms with van der Waals surface area (Å²) < 4.78 is 10.8. The van der Waals surface area contributed by atoms with E-state index in [0.717, 1.165) is 28.3 Å². The van der Waals surface area contributed by atoms with Crippen molar-refractivity contribution in [1.29, 1.82) is 0 Å². The SMILES string of the molecule is Cc1oc2ncnc(NCc3ccco3)c2c1C. The molecule has 92 valence electrons. The Bertz CT molecular complexity index is 671. The third kappa shape index (κ3) is 1.73. The highest BCUT2D eigenvalue weighted by molar-refractivity contribution is 5.89. The maximum Gasteiger partial charge on any atom is 0.231 e. The van der Waals surface area contributed by atoms with E-state index in [1.165, 1.54) is 6.33 Å². The zero-order valence-electron chi connectivity index (χ0n) is 10.2. The summed E-state index contributed by atoms with van der Waals surface area (Å²) in [5, 5.41) is 4.17. The van der Waals surface area contributed by atoms with E-state index >= 15 is 0 Å². The summed E-state index contributed by atoms with van der Waals surface area (Å²) in [5.41, 5.74) is 1.68. The molecule has 0 spiro atoms. The Balaban J connectivity index is 1.96. The quantitative estimate of drug-likeness (QED) is 0.766. The smallest absolute Gasteiger partial charge is 0.231 e. The van der Waals surface area contributed by atoms with Crippen LogP contribution in [0.3, 0.4) is 0 Å². The predicted octanol–water partition coefficient (Wildman–Crippen LogP) is 3.04. The molecule has 3 aromatic rings. The van der Waals surface area contributed by atoms with Crippen molar-refractivity contribution in [1.82, 2.24) is 9.97 Å². The molecule has 3 aromatic heterocycles. The van der Waals surface area contributed by atoms with E-state index in [2.05, 4.69) is 15.3 Å². The van der Waals surface area contributed by atoms with Crippen LogP contribution in [0, 0.1) is 13.8 Å². The number of nitrogens with zero attached hydrogens (tertiary/aromatic N) is 2. The molecule has 5 nitrogen and oxygen atoms in total. The summed E-state index contributed by atoms with van der Waals surface area (Å²) in [4.78, 5) is 8.38. The molecular weight excluding hydrogens is 230 g/mol. The number of aromatic nitrogens is 2. The number of anilines is 1. The van der Waals surface area contributed by atoms with E-state index in [9.17, 15) is 0 Å². The van der Waals surface area contributed by atoms with Gasteiger partial charge >= 0.3 is 0 Å². The van der Waals surface area contributed by atoms with Crippen molar-refractivity contribution in [3.8, 4) is 0 Å². The molecule has 1 N–H and O–H groups in total. The van der Waals surface area contributed by atoms with Gasteiger partial charge in [-0.05, 0) is 26.0 Å². The molecule has 0 fully saturated rings. The summed E-state index contributed by atoms with van der Waals surface area (Å²) in [7, 11) is 0. The van der Waals surface area contributed by atoms with Crippen molar-refractivity contribution in [3.05, 3.63) is 41.8 Å². The van der Waals surface area contributed by atoms with Gasteiger partial charge in [0.15, 0.2) is 0 Å². The lowest BCUT2D eigenvalue weighted by atomic mass is 10.2. The topological polar surface area (TPSA) is 64.1 Å². The van der Waals surface area contributed by atoms with Crippen molar-refractivity contribution in [2.45, 2.75) is 20.4 Å². The fourth-order valence-electron chi connectivity index (χ4n) is 1.90. The zero-order valence-corrected chi connectivity index (χ0v) is 10.2. The van der Waals surface area contributed by atoms with Gasteiger partial charge in [0.2, 0.25) is 5.71 Å². The average molecular weight is 243 g/mol. The van der Waals surface area contributed by atoms with Crippen LogP contribution in [-0.2, 0) is 6.54 Å². The number of aryl methyl sites for hydroxylation is 2. The van der Waals surface area contributed by atoms with Crippen LogP contribution in [0.5, 0.6) is 0 Å². The molecule has 0 aliphatic carbocycles. The van der Waals surface area contributed by atoms with E-state index < -0.39 is 0 Å². The molecule has 0 aromatic carbocycles. The van der Waals surface area contributed by atoms with Crippen molar-refractivity contribution in [3.63, 3.8) is 0 Å². The molecular formula is C13H13N3O2. The Morgan fingerprint density at radius 1 is 1.28 bits per heavy atom. The molecule has 3 heterocycles. The fraction of sp³-hybridized carbons (Fsp3) is 0.231. The Hall–Kier alpha value is -2.30. The highest BCUT2D eigenvalue weighted by Gasteiger charge is 2.13. The average Bonchev–Trinajstić information content (AvgIpc) is 2.97. The van der Waals surface area contributed by atoms with Crippen molar-refractivity contribution < 1.29 is 8.83 Å². The molecule has 0 unspecified atom stereocenters. The third-order valence-electron chi connectivity index (χ3n) is 2.98. The maximum absolute atomic E-state index is 5.56. The first-order valence-electron chi connectivity index (χ1n) is 5.72. The first-order valence-corrected chi connectivity index (χ1v) is 5.72. The minimum Gasteiger partial charge on any atom is -0.467 e. The molecule has 0 saturated carbocycles. The van der Waals surface area contributed by atoms with Crippen LogP contribution in [0.15, 0.2) is 33.6 Å². The number of furan rings is 2. The minimum atomic E-state index is 0.586. The monoisotopic (exact) mass is 243 g/mol. The Labute approximate surface area is 104 Å². The van der Waals surface area contributed by atoms with Crippen LogP contribution >= 0.6 is 0 Å². The van der Waals surface area contributed by atoms with E-state index in [0.29, 0.717) is 12.3 Å². The minimum absolute atomic E-state index is 0.586. The van der Waals surface area contributed by atoms with Gasteiger partial charge < -0.3 is 14.2 Å². The molecule has 0 saturated heterocycles. The van der Waals surface area contributed by atoms with Gasteiger partial charge in [-0.15, -0.1) is 0 Å². The Kier molecular flexibility index (Phi) is 2.51. The van der Waals surface area contributed by atoms with E-state index in [-0.39, 0.29) is 0 Å². The second kappa shape index (κ2) is 4.18. The van der Waals surface area contributed by atoms with Crippen molar-refractivity contribution in [2.24, 2.45) is 0 Å². The van der Waals surface area contributed by atoms with Crippen LogP contribution in [0.1, 0.15) is 17.1 Å². The molecule has 0 radical (unpaired) electrons. The van der Waals surface area contributed by atoms with Crippen LogP contribution in [-0.4, -0.2) is 9.97 Å². The molecule has 3 rings (SSSR count). The maximum atomic E-state index is 5.56. The highest BCUT2D eigenvalue weighted by Crippen LogP contribution is 2.28. The van der Waals surface area contributed by atoms with Gasteiger partial charge in [-0.2, -0.15) is 0 Å². The van der Waals surface area contributed by atoms with Gasteiger partial charge in [-0.3, -0.25) is 0 Å². The second-order valence-corrected chi connectivity index (χ2v) is 4.12. The van der Waals surface area contributed by atoms with Crippen LogP contribution in [0.2, 0.25) is 0 Å². The Morgan fingerprint density at radius 3 is 2.94 bits per heavy atom. The lowest BCUT2D eigenvalue weighted by Crippen LogP contribution is -2.01. The van der Waals surface area contributed by atoms with Gasteiger partial charge in [0.1, 0.15) is 23.7 Å². The van der Waals surface area contributed by atoms with Gasteiger partial charge in [0.25, 0.3) is 0 Å². The molecule has 18 heavy (non-hydrogen) atoms. The van der Waals surface area contributed by atoms with Gasteiger partial charge in [0, 0.05) is 5.56 Å². The normalized spacial score (nSPS) is 11.0. The number of nitrogens with one attached hydrogen (secondary N) is 1. The summed E-state index contributed by atoms with van der Waals surface area (Å²) in [5.74, 6) is 2.50. The largest absolute Gasteiger partial charge is 0.467 e. The third-order valence-corrected chi connectivity index (χ3v) is 2.98. The molecule has 0 atom stereocenters. The van der Waals surface area contributed by atoms with Crippen LogP contribution in [0.4, 0.5) is 5.82 Å². The summed E-state index contributed by atoms with van der Waals surface area (Å²) in [6.45, 7) is 4.51. The van der Waals surface area contributed by atoms with Crippen molar-refractivity contribution >= 4 is 16.9 Å². The first-order chi connectivity index (χ1) is 8.75. The number of fused-ring (bicyclic) bond motifs is 1. The number of hydrogen-bond acceptors (Lipinski definition) is 5. The highest BCUT2D eigenvalue weighted by atomic mass is 16.3. The molecule has 0 amide bonds. The lowest BCUT2D eigenvalue weighted by Gasteiger charge is -2.04. The molecule has 0 aliphatic heterocycles. The van der Waals surface area contributed by atoms with E-state index in [4.69, 9.17) is 8.83 Å². The summed E-state index contributed by atoms with van der Waals surface area (Å²) in [6.07, 6.45) is 3.15. The van der Waals surface area contributed by atoms with Gasteiger partial charge in [-0.25, -0.2) is 9.97 Å². The lowest BCUT2D eigenvalue weighted by molar-refractivity contribution is 0.518. The Morgan fingerprint density at radius 2 is 2.17 bits per heavy atom. The molecule has 0 aliphatic rings. The first kappa shape index (κ1) is 10.8. The van der Waals surface area contributed by atoms with Gasteiger partial charge in [0.05, 0.1) is 18.2 Å². The zero-order chi connectivity index (χ0) is 12.5. The molecule has 5 heteroatoms. The fourth-order valence-corrected chi connectivity index (χ4v) is 1.90. The summed E-state index contributed by atoms with van der Waals surface area (Å²) in [6, 6.07) is 3.78. The van der Waals surface area contributed by atoms with Crippen LogP contribution in [0.25, 0.3) is 11.1 Å². The predicted molar refractivity (Wildman–Crippen MR) is 67.3 cm³/mol. The summed E-state index contributed by atoms with van der Waals surface area (Å²) >= 11 is 0. The molecule has 0 bridgehead atoms. The van der Waals surface area contributed by atoms with E-state index in [1.54, 1.807) is 6.26 Å². The van der Waals surface area contributed by atoms with E-state index in [1.807, 2.05) is 26.0 Å². The number of rotatable bonds is 3. The standard InChI is InChI=1S/C13H13N3O2/c1-8-9(2)18-13-11(8)12(15-7-16-13)14-6-10-4-3-5-17-10/h3-5,7H,6H2,1-2H3,(H,14,15,16). The second-order valence-electron chi connectivity index (χ2n) is 4.12. The number of hydrogen-bond donors (Lipinski definition) is 1. The van der Waals surface area contributed by atoms with Crippen LogP contribution < -0.4 is 5.32 Å². The van der Waals surface area contributed by atoms with Crippen molar-refractivity contribution in [2.75, 3.05) is 5.32 Å².